The molecule has 1 saturated carbocycles. The smallest absolute Gasteiger partial charge is 0.242 e. The van der Waals surface area contributed by atoms with Gasteiger partial charge in [-0.1, -0.05) is 48.5 Å². The van der Waals surface area contributed by atoms with E-state index in [0.29, 0.717) is 25.7 Å². The highest BCUT2D eigenvalue weighted by atomic mass is 32.2. The number of nitrogens with one attached hydrogen (secondary N) is 1. The van der Waals surface area contributed by atoms with Gasteiger partial charge in [-0.25, -0.2) is 13.1 Å². The summed E-state index contributed by atoms with van der Waals surface area (Å²) in [5.74, 6) is 0.139. The molecule has 7 nitrogen and oxygen atoms in total. The van der Waals surface area contributed by atoms with Gasteiger partial charge in [-0.05, 0) is 50.4 Å². The number of para-hydroxylation sites is 1. The van der Waals surface area contributed by atoms with Crippen molar-refractivity contribution in [2.75, 3.05) is 26.7 Å². The SMILES string of the molecule is CN1CCN(C(=O)[C@H]2CC[C@H](NS(=O)(=O)c3cnc4ccccc4c3)CC2)C(c2ccccc2)C1. The average Bonchev–Trinajstić information content (AvgIpc) is 2.89. The Labute approximate surface area is 207 Å². The van der Waals surface area contributed by atoms with Crippen molar-refractivity contribution in [2.45, 2.75) is 42.7 Å². The van der Waals surface area contributed by atoms with E-state index in [2.05, 4.69) is 33.8 Å². The van der Waals surface area contributed by atoms with Gasteiger partial charge >= 0.3 is 0 Å². The van der Waals surface area contributed by atoms with Crippen molar-refractivity contribution >= 4 is 26.8 Å². The van der Waals surface area contributed by atoms with Gasteiger partial charge in [0.05, 0.1) is 11.6 Å². The minimum absolute atomic E-state index is 0.0547. The summed E-state index contributed by atoms with van der Waals surface area (Å²) in [7, 11) is -1.58. The summed E-state index contributed by atoms with van der Waals surface area (Å²) in [6.07, 6.45) is 4.10. The number of benzene rings is 2. The van der Waals surface area contributed by atoms with Crippen molar-refractivity contribution < 1.29 is 13.2 Å². The van der Waals surface area contributed by atoms with Gasteiger partial charge in [0.25, 0.3) is 0 Å². The highest BCUT2D eigenvalue weighted by Gasteiger charge is 2.36. The number of amides is 1. The summed E-state index contributed by atoms with van der Waals surface area (Å²) in [5, 5.41) is 0.796. The first-order chi connectivity index (χ1) is 16.9. The lowest BCUT2D eigenvalue weighted by Crippen LogP contribution is -2.51. The van der Waals surface area contributed by atoms with Gasteiger partial charge in [0.1, 0.15) is 4.90 Å². The van der Waals surface area contributed by atoms with Crippen LogP contribution in [0.15, 0.2) is 71.8 Å². The van der Waals surface area contributed by atoms with Crippen LogP contribution < -0.4 is 4.72 Å². The van der Waals surface area contributed by atoms with Crippen molar-refractivity contribution in [3.63, 3.8) is 0 Å². The summed E-state index contributed by atoms with van der Waals surface area (Å²) in [6.45, 7) is 2.41. The second-order valence-corrected chi connectivity index (χ2v) is 11.5. The van der Waals surface area contributed by atoms with E-state index in [-0.39, 0.29) is 28.8 Å². The molecule has 2 aromatic carbocycles. The molecular formula is C27H32N4O3S. The first-order valence-electron chi connectivity index (χ1n) is 12.3. The van der Waals surface area contributed by atoms with Gasteiger partial charge < -0.3 is 9.80 Å². The van der Waals surface area contributed by atoms with Crippen LogP contribution >= 0.6 is 0 Å². The number of sulfonamides is 1. The minimum atomic E-state index is -3.67. The summed E-state index contributed by atoms with van der Waals surface area (Å²) in [5.41, 5.74) is 1.93. The Morgan fingerprint density at radius 1 is 0.971 bits per heavy atom. The van der Waals surface area contributed by atoms with Gasteiger partial charge in [-0.15, -0.1) is 0 Å². The second kappa shape index (κ2) is 10.0. The number of carbonyl (C=O) groups excluding carboxylic acids is 1. The third-order valence-electron chi connectivity index (χ3n) is 7.32. The van der Waals surface area contributed by atoms with Crippen LogP contribution in [0.4, 0.5) is 0 Å². The summed E-state index contributed by atoms with van der Waals surface area (Å²) >= 11 is 0. The number of piperazine rings is 1. The Kier molecular flexibility index (Phi) is 6.86. The van der Waals surface area contributed by atoms with Gasteiger partial charge in [0.15, 0.2) is 0 Å². The topological polar surface area (TPSA) is 82.6 Å². The van der Waals surface area contributed by atoms with Crippen LogP contribution in [0, 0.1) is 5.92 Å². The molecule has 8 heteroatoms. The molecule has 1 aliphatic heterocycles. The summed E-state index contributed by atoms with van der Waals surface area (Å²) < 4.78 is 28.9. The molecule has 2 heterocycles. The van der Waals surface area contributed by atoms with Crippen molar-refractivity contribution in [1.29, 1.82) is 0 Å². The number of pyridine rings is 1. The van der Waals surface area contributed by atoms with E-state index in [1.165, 1.54) is 6.20 Å². The van der Waals surface area contributed by atoms with Crippen LogP contribution in [0.3, 0.4) is 0 Å². The molecule has 1 atom stereocenters. The van der Waals surface area contributed by atoms with Crippen molar-refractivity contribution in [1.82, 2.24) is 19.5 Å². The van der Waals surface area contributed by atoms with E-state index < -0.39 is 10.0 Å². The lowest BCUT2D eigenvalue weighted by Gasteiger charge is -2.42. The number of nitrogens with zero attached hydrogens (tertiary/aromatic N) is 3. The molecule has 5 rings (SSSR count). The zero-order valence-electron chi connectivity index (χ0n) is 20.0. The Bertz CT molecular complexity index is 1290. The predicted molar refractivity (Wildman–Crippen MR) is 136 cm³/mol. The Morgan fingerprint density at radius 3 is 2.46 bits per heavy atom. The number of hydrogen-bond donors (Lipinski definition) is 1. The Balaban J connectivity index is 1.22. The fourth-order valence-corrected chi connectivity index (χ4v) is 6.61. The molecule has 1 saturated heterocycles. The van der Waals surface area contributed by atoms with Gasteiger partial charge in [-0.2, -0.15) is 0 Å². The maximum absolute atomic E-state index is 13.5. The molecule has 0 radical (unpaired) electrons. The number of fused-ring (bicyclic) bond motifs is 1. The highest BCUT2D eigenvalue weighted by molar-refractivity contribution is 7.89. The molecule has 184 valence electrons. The zero-order chi connectivity index (χ0) is 24.4. The molecule has 0 bridgehead atoms. The van der Waals surface area contributed by atoms with Crippen molar-refractivity contribution in [2.24, 2.45) is 5.92 Å². The molecule has 1 aliphatic carbocycles. The molecule has 1 unspecified atom stereocenters. The molecule has 2 fully saturated rings. The van der Waals surface area contributed by atoms with E-state index in [1.807, 2.05) is 47.4 Å². The maximum atomic E-state index is 13.5. The van der Waals surface area contributed by atoms with Crippen LogP contribution in [-0.2, 0) is 14.8 Å². The van der Waals surface area contributed by atoms with Crippen LogP contribution in [0.5, 0.6) is 0 Å². The van der Waals surface area contributed by atoms with Gasteiger partial charge in [0, 0.05) is 43.2 Å². The second-order valence-electron chi connectivity index (χ2n) is 9.75. The number of hydrogen-bond acceptors (Lipinski definition) is 5. The fraction of sp³-hybridized carbons (Fsp3) is 0.407. The quantitative estimate of drug-likeness (QED) is 0.589. The lowest BCUT2D eigenvalue weighted by molar-refractivity contribution is -0.141. The van der Waals surface area contributed by atoms with Gasteiger partial charge in [0.2, 0.25) is 15.9 Å². The molecule has 2 aliphatic rings. The molecule has 0 spiro atoms. The molecule has 1 amide bonds. The van der Waals surface area contributed by atoms with Crippen LogP contribution in [0.25, 0.3) is 10.9 Å². The first kappa shape index (κ1) is 23.9. The van der Waals surface area contributed by atoms with Crippen molar-refractivity contribution in [3.05, 3.63) is 72.4 Å². The molecule has 1 aromatic heterocycles. The Hall–Kier alpha value is -2.81. The lowest BCUT2D eigenvalue weighted by atomic mass is 9.85. The molecule has 35 heavy (non-hydrogen) atoms. The number of carbonyl (C=O) groups is 1. The van der Waals surface area contributed by atoms with Crippen LogP contribution in [0.2, 0.25) is 0 Å². The normalized spacial score (nSPS) is 23.9. The van der Waals surface area contributed by atoms with E-state index >= 15 is 0 Å². The highest BCUT2D eigenvalue weighted by Crippen LogP contribution is 2.32. The third-order valence-corrected chi connectivity index (χ3v) is 8.81. The number of rotatable bonds is 5. The number of aromatic nitrogens is 1. The monoisotopic (exact) mass is 492 g/mol. The summed E-state index contributed by atoms with van der Waals surface area (Å²) in [4.78, 5) is 22.3. The van der Waals surface area contributed by atoms with E-state index in [0.717, 1.165) is 36.1 Å². The minimum Gasteiger partial charge on any atom is -0.333 e. The number of likely N-dealkylation sites (N-methyl/N-ethyl adjacent to an activating group) is 1. The van der Waals surface area contributed by atoms with Crippen molar-refractivity contribution in [3.8, 4) is 0 Å². The Morgan fingerprint density at radius 2 is 1.69 bits per heavy atom. The standard InChI is InChI=1S/C27H32N4O3S/c1-30-15-16-31(26(19-30)20-7-3-2-4-8-20)27(32)21-11-13-23(14-12-21)29-35(33,34)24-17-22-9-5-6-10-25(22)28-18-24/h2-10,17-18,21,23,26,29H,11-16,19H2,1H3/t21-,23-,26?. The fourth-order valence-electron chi connectivity index (χ4n) is 5.32. The van der Waals surface area contributed by atoms with E-state index in [1.54, 1.807) is 6.07 Å². The summed E-state index contributed by atoms with van der Waals surface area (Å²) in [6, 6.07) is 19.3. The first-order valence-corrected chi connectivity index (χ1v) is 13.8. The molecular weight excluding hydrogens is 460 g/mol. The maximum Gasteiger partial charge on any atom is 0.242 e. The zero-order valence-corrected chi connectivity index (χ0v) is 20.8. The molecule has 3 aromatic rings. The van der Waals surface area contributed by atoms with Gasteiger partial charge in [-0.3, -0.25) is 9.78 Å². The predicted octanol–water partition coefficient (Wildman–Crippen LogP) is 3.59. The van der Waals surface area contributed by atoms with Crippen LogP contribution in [0.1, 0.15) is 37.3 Å². The van der Waals surface area contributed by atoms with Crippen LogP contribution in [-0.4, -0.2) is 61.8 Å². The van der Waals surface area contributed by atoms with E-state index in [4.69, 9.17) is 0 Å². The molecule has 1 N–H and O–H groups in total. The largest absolute Gasteiger partial charge is 0.333 e. The van der Waals surface area contributed by atoms with E-state index in [9.17, 15) is 13.2 Å². The third kappa shape index (κ3) is 5.24. The average molecular weight is 493 g/mol.